The van der Waals surface area contributed by atoms with Crippen molar-refractivity contribution >= 4 is 63.0 Å². The number of rotatable bonds is 0. The van der Waals surface area contributed by atoms with Gasteiger partial charge in [-0.15, -0.1) is 22.7 Å². The molecule has 100 valence electrons. The zero-order chi connectivity index (χ0) is 14.0. The molecule has 0 N–H and O–H groups in total. The van der Waals surface area contributed by atoms with Crippen molar-refractivity contribution in [3.8, 4) is 0 Å². The van der Waals surface area contributed by atoms with E-state index < -0.39 is 0 Å². The van der Waals surface area contributed by atoms with Crippen LogP contribution in [0.15, 0.2) is 54.6 Å². The van der Waals surface area contributed by atoms with Crippen LogP contribution in [0.2, 0.25) is 0 Å². The number of fused-ring (bicyclic) bond motifs is 6. The summed E-state index contributed by atoms with van der Waals surface area (Å²) in [5.41, 5.74) is 1.44. The second-order valence-corrected chi connectivity index (χ2v) is 7.56. The van der Waals surface area contributed by atoms with Gasteiger partial charge in [0.1, 0.15) is 0 Å². The first-order valence-corrected chi connectivity index (χ1v) is 8.68. The molecule has 0 saturated carbocycles. The first-order chi connectivity index (χ1) is 10.3. The highest BCUT2D eigenvalue weighted by atomic mass is 32.1. The van der Waals surface area contributed by atoms with Gasteiger partial charge in [-0.25, -0.2) is 0 Å². The third-order valence-electron chi connectivity index (χ3n) is 4.24. The Hall–Kier alpha value is -1.90. The lowest BCUT2D eigenvalue weighted by Crippen LogP contribution is -1.74. The Balaban J connectivity index is 2.11. The molecule has 0 atom stereocenters. The number of hydrogen-bond donors (Lipinski definition) is 0. The SMILES string of the molecule is Cc1c2sc3ccccc3c2cc2c1sc1ccccc12. The average molecular weight is 304 g/mol. The number of benzene rings is 3. The van der Waals surface area contributed by atoms with Crippen LogP contribution in [-0.2, 0) is 0 Å². The Morgan fingerprint density at radius 1 is 0.619 bits per heavy atom. The van der Waals surface area contributed by atoms with E-state index in [1.807, 2.05) is 22.7 Å². The molecule has 0 radical (unpaired) electrons. The van der Waals surface area contributed by atoms with Crippen molar-refractivity contribution in [2.24, 2.45) is 0 Å². The van der Waals surface area contributed by atoms with E-state index in [2.05, 4.69) is 61.5 Å². The molecule has 0 fully saturated rings. The van der Waals surface area contributed by atoms with E-state index >= 15 is 0 Å². The summed E-state index contributed by atoms with van der Waals surface area (Å²) in [5.74, 6) is 0. The molecule has 0 aliphatic carbocycles. The zero-order valence-corrected chi connectivity index (χ0v) is 13.1. The average Bonchev–Trinajstić information content (AvgIpc) is 3.07. The molecule has 0 spiro atoms. The molecule has 5 rings (SSSR count). The minimum atomic E-state index is 1.39. The van der Waals surface area contributed by atoms with Crippen molar-refractivity contribution in [1.82, 2.24) is 0 Å². The lowest BCUT2D eigenvalue weighted by atomic mass is 10.0. The minimum absolute atomic E-state index is 1.39. The summed E-state index contributed by atoms with van der Waals surface area (Å²) in [7, 11) is 0. The van der Waals surface area contributed by atoms with E-state index in [0.717, 1.165) is 0 Å². The molecule has 0 saturated heterocycles. The number of aryl methyl sites for hydroxylation is 1. The van der Waals surface area contributed by atoms with Gasteiger partial charge in [-0.3, -0.25) is 0 Å². The topological polar surface area (TPSA) is 0 Å². The molecule has 2 heterocycles. The monoisotopic (exact) mass is 304 g/mol. The normalized spacial score (nSPS) is 12.0. The second-order valence-electron chi connectivity index (χ2n) is 5.45. The van der Waals surface area contributed by atoms with Crippen LogP contribution >= 0.6 is 22.7 Å². The van der Waals surface area contributed by atoms with Crippen LogP contribution in [0.3, 0.4) is 0 Å². The van der Waals surface area contributed by atoms with E-state index in [1.165, 1.54) is 45.9 Å². The highest BCUT2D eigenvalue weighted by Gasteiger charge is 2.13. The Morgan fingerprint density at radius 3 is 1.62 bits per heavy atom. The molecular formula is C19H12S2. The molecule has 2 aromatic heterocycles. The van der Waals surface area contributed by atoms with Crippen LogP contribution in [0.25, 0.3) is 40.3 Å². The Kier molecular flexibility index (Phi) is 2.27. The maximum atomic E-state index is 2.40. The summed E-state index contributed by atoms with van der Waals surface area (Å²) in [6, 6.07) is 19.9. The minimum Gasteiger partial charge on any atom is -0.135 e. The smallest absolute Gasteiger partial charge is 0.0399 e. The lowest BCUT2D eigenvalue weighted by molar-refractivity contribution is 1.65. The van der Waals surface area contributed by atoms with Crippen LogP contribution in [0, 0.1) is 6.92 Å². The molecule has 0 aliphatic heterocycles. The maximum Gasteiger partial charge on any atom is 0.0399 e. The van der Waals surface area contributed by atoms with Gasteiger partial charge in [0, 0.05) is 40.3 Å². The maximum absolute atomic E-state index is 2.40. The van der Waals surface area contributed by atoms with E-state index in [1.54, 1.807) is 0 Å². The summed E-state index contributed by atoms with van der Waals surface area (Å²) < 4.78 is 5.65. The van der Waals surface area contributed by atoms with Gasteiger partial charge in [-0.1, -0.05) is 36.4 Å². The van der Waals surface area contributed by atoms with Gasteiger partial charge >= 0.3 is 0 Å². The van der Waals surface area contributed by atoms with E-state index in [-0.39, 0.29) is 0 Å². The van der Waals surface area contributed by atoms with Crippen molar-refractivity contribution in [3.63, 3.8) is 0 Å². The largest absolute Gasteiger partial charge is 0.135 e. The van der Waals surface area contributed by atoms with E-state index in [0.29, 0.717) is 0 Å². The van der Waals surface area contributed by atoms with Gasteiger partial charge in [0.05, 0.1) is 0 Å². The van der Waals surface area contributed by atoms with E-state index in [9.17, 15) is 0 Å². The third-order valence-corrected chi connectivity index (χ3v) is 6.85. The van der Waals surface area contributed by atoms with Crippen molar-refractivity contribution in [3.05, 3.63) is 60.2 Å². The van der Waals surface area contributed by atoms with Gasteiger partial charge in [0.15, 0.2) is 0 Å². The first-order valence-electron chi connectivity index (χ1n) is 7.05. The number of hydrogen-bond acceptors (Lipinski definition) is 2. The van der Waals surface area contributed by atoms with Gasteiger partial charge in [0.25, 0.3) is 0 Å². The van der Waals surface area contributed by atoms with Gasteiger partial charge in [-0.2, -0.15) is 0 Å². The van der Waals surface area contributed by atoms with Gasteiger partial charge in [0.2, 0.25) is 0 Å². The fraction of sp³-hybridized carbons (Fsp3) is 0.0526. The van der Waals surface area contributed by atoms with Crippen LogP contribution < -0.4 is 0 Å². The predicted octanol–water partition coefficient (Wildman–Crippen LogP) is 6.73. The van der Waals surface area contributed by atoms with Crippen LogP contribution in [0.5, 0.6) is 0 Å². The summed E-state index contributed by atoms with van der Waals surface area (Å²) >= 11 is 3.84. The van der Waals surface area contributed by atoms with Crippen molar-refractivity contribution < 1.29 is 0 Å². The summed E-state index contributed by atoms with van der Waals surface area (Å²) in [6.07, 6.45) is 0. The Labute approximate surface area is 130 Å². The molecule has 0 nitrogen and oxygen atoms in total. The Bertz CT molecular complexity index is 1050. The van der Waals surface area contributed by atoms with Crippen LogP contribution in [-0.4, -0.2) is 0 Å². The molecule has 5 aromatic rings. The highest BCUT2D eigenvalue weighted by molar-refractivity contribution is 7.28. The fourth-order valence-corrected chi connectivity index (χ4v) is 5.66. The molecular weight excluding hydrogens is 292 g/mol. The van der Waals surface area contributed by atoms with E-state index in [4.69, 9.17) is 0 Å². The molecule has 0 unspecified atom stereocenters. The number of thiophene rings is 2. The van der Waals surface area contributed by atoms with Crippen molar-refractivity contribution in [2.75, 3.05) is 0 Å². The first kappa shape index (κ1) is 11.7. The van der Waals surface area contributed by atoms with Gasteiger partial charge < -0.3 is 0 Å². The molecule has 0 bridgehead atoms. The Morgan fingerprint density at radius 2 is 1.10 bits per heavy atom. The summed E-state index contributed by atoms with van der Waals surface area (Å²) in [6.45, 7) is 2.27. The summed E-state index contributed by atoms with van der Waals surface area (Å²) in [4.78, 5) is 0. The zero-order valence-electron chi connectivity index (χ0n) is 11.5. The molecule has 0 amide bonds. The highest BCUT2D eigenvalue weighted by Crippen LogP contribution is 2.44. The van der Waals surface area contributed by atoms with Crippen molar-refractivity contribution in [2.45, 2.75) is 6.92 Å². The van der Waals surface area contributed by atoms with Crippen molar-refractivity contribution in [1.29, 1.82) is 0 Å². The lowest BCUT2D eigenvalue weighted by Gasteiger charge is -1.99. The third kappa shape index (κ3) is 1.49. The molecule has 2 heteroatoms. The summed E-state index contributed by atoms with van der Waals surface area (Å²) in [5, 5.41) is 5.59. The quantitative estimate of drug-likeness (QED) is 0.297. The van der Waals surface area contributed by atoms with Gasteiger partial charge in [-0.05, 0) is 30.7 Å². The van der Waals surface area contributed by atoms with Crippen LogP contribution in [0.1, 0.15) is 5.56 Å². The molecule has 0 aliphatic rings. The fourth-order valence-electron chi connectivity index (χ4n) is 3.22. The molecule has 3 aromatic carbocycles. The second kappa shape index (κ2) is 4.06. The van der Waals surface area contributed by atoms with Crippen LogP contribution in [0.4, 0.5) is 0 Å². The standard InChI is InChI=1S/C19H12S2/c1-11-18-14(12-6-2-4-8-16(12)20-18)10-15-13-7-3-5-9-17(13)21-19(11)15/h2-10H,1H3. The molecule has 21 heavy (non-hydrogen) atoms. The predicted molar refractivity (Wildman–Crippen MR) is 97.0 cm³/mol.